The molecule has 0 saturated carbocycles. The Hall–Kier alpha value is -2.99. The third-order valence-corrected chi connectivity index (χ3v) is 6.70. The molecule has 0 aliphatic carbocycles. The van der Waals surface area contributed by atoms with E-state index >= 15 is 0 Å². The lowest BCUT2D eigenvalue weighted by atomic mass is 10.1. The number of anilines is 1. The Bertz CT molecular complexity index is 1140. The first-order valence-electron chi connectivity index (χ1n) is 9.42. The highest BCUT2D eigenvalue weighted by Gasteiger charge is 2.33. The smallest absolute Gasteiger partial charge is 0.302 e. The van der Waals surface area contributed by atoms with Crippen LogP contribution in [0.1, 0.15) is 30.1 Å². The second-order valence-electron chi connectivity index (χ2n) is 7.07. The summed E-state index contributed by atoms with van der Waals surface area (Å²) < 4.78 is 86.0. The summed E-state index contributed by atoms with van der Waals surface area (Å²) in [6.45, 7) is 1.19. The largest absolute Gasteiger partial charge is 0.462 e. The minimum absolute atomic E-state index is 0.0235. The van der Waals surface area contributed by atoms with E-state index in [0.717, 1.165) is 22.5 Å². The molecule has 1 heterocycles. The summed E-state index contributed by atoms with van der Waals surface area (Å²) in [6, 6.07) is 3.66. The summed E-state index contributed by atoms with van der Waals surface area (Å²) >= 11 is 0. The molecule has 2 aromatic rings. The number of ether oxygens (including phenoxy) is 1. The van der Waals surface area contributed by atoms with Crippen molar-refractivity contribution in [2.75, 3.05) is 18.4 Å². The first kappa shape index (κ1) is 23.7. The third-order valence-electron chi connectivity index (χ3n) is 4.79. The lowest BCUT2D eigenvalue weighted by molar-refractivity contribution is -0.147. The van der Waals surface area contributed by atoms with Crippen molar-refractivity contribution in [2.45, 2.75) is 30.8 Å². The SMILES string of the molecule is CC(=O)OC1CCN(S(=O)(=O)c2cc(C(=O)Nc3cc(F)c(F)c(F)c3)ccc2F)CC1. The normalized spacial score (nSPS) is 15.4. The maximum Gasteiger partial charge on any atom is 0.302 e. The first-order chi connectivity index (χ1) is 15.0. The molecule has 172 valence electrons. The number of nitrogens with zero attached hydrogens (tertiary/aromatic N) is 1. The number of hydrogen-bond donors (Lipinski definition) is 1. The zero-order valence-electron chi connectivity index (χ0n) is 16.7. The van der Waals surface area contributed by atoms with Gasteiger partial charge in [-0.2, -0.15) is 4.31 Å². The van der Waals surface area contributed by atoms with Gasteiger partial charge in [0.1, 0.15) is 16.8 Å². The van der Waals surface area contributed by atoms with E-state index in [9.17, 15) is 35.6 Å². The van der Waals surface area contributed by atoms with E-state index in [1.54, 1.807) is 0 Å². The topological polar surface area (TPSA) is 92.8 Å². The second kappa shape index (κ2) is 9.25. The predicted octanol–water partition coefficient (Wildman–Crippen LogP) is 3.21. The van der Waals surface area contributed by atoms with Crippen molar-refractivity contribution in [1.29, 1.82) is 0 Å². The van der Waals surface area contributed by atoms with Gasteiger partial charge in [0.25, 0.3) is 5.91 Å². The minimum atomic E-state index is -4.32. The van der Waals surface area contributed by atoms with E-state index in [2.05, 4.69) is 5.32 Å². The van der Waals surface area contributed by atoms with Crippen LogP contribution in [0.2, 0.25) is 0 Å². The summed E-state index contributed by atoms with van der Waals surface area (Å²) in [6.07, 6.45) is 0.00217. The highest BCUT2D eigenvalue weighted by molar-refractivity contribution is 7.89. The van der Waals surface area contributed by atoms with Crippen LogP contribution in [0, 0.1) is 23.3 Å². The number of carbonyl (C=O) groups excluding carboxylic acids is 2. The average molecular weight is 474 g/mol. The van der Waals surface area contributed by atoms with Gasteiger partial charge >= 0.3 is 5.97 Å². The summed E-state index contributed by atoms with van der Waals surface area (Å²) in [4.78, 5) is 22.7. The van der Waals surface area contributed by atoms with Crippen LogP contribution in [0.4, 0.5) is 23.2 Å². The lowest BCUT2D eigenvalue weighted by Crippen LogP contribution is -2.41. The van der Waals surface area contributed by atoms with Crippen molar-refractivity contribution in [1.82, 2.24) is 4.31 Å². The Balaban J connectivity index is 1.80. The Morgan fingerprint density at radius 1 is 1.00 bits per heavy atom. The fourth-order valence-corrected chi connectivity index (χ4v) is 4.80. The maximum absolute atomic E-state index is 14.4. The molecule has 3 rings (SSSR count). The van der Waals surface area contributed by atoms with Crippen molar-refractivity contribution in [3.63, 3.8) is 0 Å². The summed E-state index contributed by atoms with van der Waals surface area (Å²) in [7, 11) is -4.32. The number of rotatable bonds is 5. The number of esters is 1. The fourth-order valence-electron chi connectivity index (χ4n) is 3.24. The Labute approximate surface area is 181 Å². The zero-order chi connectivity index (χ0) is 23.6. The summed E-state index contributed by atoms with van der Waals surface area (Å²) in [5.74, 6) is -7.34. The molecular weight excluding hydrogens is 456 g/mol. The number of piperidine rings is 1. The number of halogens is 4. The van der Waals surface area contributed by atoms with E-state index in [4.69, 9.17) is 4.74 Å². The molecule has 1 saturated heterocycles. The van der Waals surface area contributed by atoms with Crippen LogP contribution in [-0.2, 0) is 19.6 Å². The number of sulfonamides is 1. The van der Waals surface area contributed by atoms with Crippen LogP contribution in [0.25, 0.3) is 0 Å². The van der Waals surface area contributed by atoms with Gasteiger partial charge in [-0.3, -0.25) is 9.59 Å². The Morgan fingerprint density at radius 3 is 2.16 bits per heavy atom. The molecule has 0 atom stereocenters. The van der Waals surface area contributed by atoms with E-state index in [1.807, 2.05) is 0 Å². The fraction of sp³-hybridized carbons (Fsp3) is 0.300. The van der Waals surface area contributed by atoms with Gasteiger partial charge in [0.05, 0.1) is 0 Å². The van der Waals surface area contributed by atoms with E-state index in [1.165, 1.54) is 6.92 Å². The number of nitrogens with one attached hydrogen (secondary N) is 1. The van der Waals surface area contributed by atoms with Gasteiger partial charge in [0.15, 0.2) is 17.5 Å². The van der Waals surface area contributed by atoms with Crippen LogP contribution in [-0.4, -0.2) is 43.8 Å². The second-order valence-corrected chi connectivity index (χ2v) is 8.97. The van der Waals surface area contributed by atoms with Gasteiger partial charge in [-0.1, -0.05) is 0 Å². The molecule has 0 unspecified atom stereocenters. The molecule has 0 bridgehead atoms. The van der Waals surface area contributed by atoms with E-state index in [-0.39, 0.29) is 31.5 Å². The first-order valence-corrected chi connectivity index (χ1v) is 10.9. The molecule has 1 aliphatic heterocycles. The van der Waals surface area contributed by atoms with Gasteiger partial charge in [-0.15, -0.1) is 0 Å². The molecule has 1 aliphatic rings. The van der Waals surface area contributed by atoms with Crippen LogP contribution >= 0.6 is 0 Å². The molecule has 1 amide bonds. The highest BCUT2D eigenvalue weighted by atomic mass is 32.2. The molecule has 0 aromatic heterocycles. The standard InChI is InChI=1S/C20H18F4N2O5S/c1-11(27)31-14-4-6-26(7-5-14)32(29,30)18-8-12(2-3-15(18)21)20(28)25-13-9-16(22)19(24)17(23)10-13/h2-3,8-10,14H,4-7H2,1H3,(H,25,28). The van der Waals surface area contributed by atoms with Crippen LogP contribution < -0.4 is 5.32 Å². The average Bonchev–Trinajstić information content (AvgIpc) is 2.72. The van der Waals surface area contributed by atoms with Crippen LogP contribution in [0.15, 0.2) is 35.2 Å². The van der Waals surface area contributed by atoms with E-state index < -0.39 is 61.9 Å². The quantitative estimate of drug-likeness (QED) is 0.408. The molecular formula is C20H18F4N2O5S. The molecule has 0 radical (unpaired) electrons. The number of amides is 1. The van der Waals surface area contributed by atoms with Crippen LogP contribution in [0.3, 0.4) is 0 Å². The molecule has 2 aromatic carbocycles. The molecule has 12 heteroatoms. The van der Waals surface area contributed by atoms with Gasteiger partial charge in [0.2, 0.25) is 10.0 Å². The van der Waals surface area contributed by atoms with Crippen molar-refractivity contribution in [3.05, 3.63) is 59.2 Å². The molecule has 1 fully saturated rings. The van der Waals surface area contributed by atoms with E-state index in [0.29, 0.717) is 12.1 Å². The van der Waals surface area contributed by atoms with Crippen molar-refractivity contribution >= 4 is 27.6 Å². The van der Waals surface area contributed by atoms with Gasteiger partial charge in [-0.25, -0.2) is 26.0 Å². The monoisotopic (exact) mass is 474 g/mol. The third kappa shape index (κ3) is 5.07. The van der Waals surface area contributed by atoms with Crippen molar-refractivity contribution in [2.24, 2.45) is 0 Å². The number of carbonyl (C=O) groups is 2. The Kier molecular flexibility index (Phi) is 6.84. The van der Waals surface area contributed by atoms with Gasteiger partial charge < -0.3 is 10.1 Å². The van der Waals surface area contributed by atoms with Gasteiger partial charge in [0, 0.05) is 43.4 Å². The summed E-state index contributed by atoms with van der Waals surface area (Å²) in [5, 5.41) is 2.10. The van der Waals surface area contributed by atoms with Crippen molar-refractivity contribution in [3.8, 4) is 0 Å². The number of hydrogen-bond acceptors (Lipinski definition) is 5. The van der Waals surface area contributed by atoms with Crippen LogP contribution in [0.5, 0.6) is 0 Å². The number of benzene rings is 2. The summed E-state index contributed by atoms with van der Waals surface area (Å²) in [5.41, 5.74) is -0.711. The molecule has 7 nitrogen and oxygen atoms in total. The highest BCUT2D eigenvalue weighted by Crippen LogP contribution is 2.26. The minimum Gasteiger partial charge on any atom is -0.462 e. The molecule has 0 spiro atoms. The lowest BCUT2D eigenvalue weighted by Gasteiger charge is -2.30. The predicted molar refractivity (Wildman–Crippen MR) is 104 cm³/mol. The van der Waals surface area contributed by atoms with Gasteiger partial charge in [-0.05, 0) is 31.0 Å². The molecule has 32 heavy (non-hydrogen) atoms. The molecule has 1 N–H and O–H groups in total. The van der Waals surface area contributed by atoms with Crippen molar-refractivity contribution < 1.29 is 40.3 Å². The maximum atomic E-state index is 14.4. The zero-order valence-corrected chi connectivity index (χ0v) is 17.5. The Morgan fingerprint density at radius 2 is 1.59 bits per heavy atom.